The molecule has 1 aliphatic carbocycles. The number of ether oxygens (including phenoxy) is 1. The summed E-state index contributed by atoms with van der Waals surface area (Å²) >= 11 is 0. The lowest BCUT2D eigenvalue weighted by atomic mass is 9.99. The summed E-state index contributed by atoms with van der Waals surface area (Å²) in [7, 11) is 0. The van der Waals surface area contributed by atoms with Crippen molar-refractivity contribution in [2.75, 3.05) is 6.61 Å². The second-order valence-corrected chi connectivity index (χ2v) is 3.60. The van der Waals surface area contributed by atoms with Crippen molar-refractivity contribution in [1.82, 2.24) is 0 Å². The van der Waals surface area contributed by atoms with Crippen LogP contribution >= 0.6 is 0 Å². The summed E-state index contributed by atoms with van der Waals surface area (Å²) in [6.07, 6.45) is 5.02. The zero-order valence-corrected chi connectivity index (χ0v) is 7.01. The van der Waals surface area contributed by atoms with Crippen LogP contribution in [0.3, 0.4) is 0 Å². The second kappa shape index (κ2) is 2.59. The molecule has 12 heavy (non-hydrogen) atoms. The minimum Gasteiger partial charge on any atom is -0.501 e. The Balaban J connectivity index is 2.08. The molecule has 3 nitrogen and oxygen atoms in total. The van der Waals surface area contributed by atoms with Crippen LogP contribution in [0.15, 0.2) is 11.8 Å². The van der Waals surface area contributed by atoms with E-state index in [0.717, 1.165) is 37.9 Å². The van der Waals surface area contributed by atoms with Gasteiger partial charge < -0.3 is 10.5 Å². The van der Waals surface area contributed by atoms with Crippen LogP contribution < -0.4 is 5.73 Å². The van der Waals surface area contributed by atoms with Gasteiger partial charge >= 0.3 is 0 Å². The fourth-order valence-electron chi connectivity index (χ4n) is 1.41. The van der Waals surface area contributed by atoms with E-state index in [9.17, 15) is 4.79 Å². The molecule has 0 saturated heterocycles. The van der Waals surface area contributed by atoms with Crippen molar-refractivity contribution in [3.8, 4) is 0 Å². The van der Waals surface area contributed by atoms with Gasteiger partial charge in [-0.25, -0.2) is 0 Å². The van der Waals surface area contributed by atoms with Crippen molar-refractivity contribution in [3.05, 3.63) is 11.8 Å². The molecule has 0 radical (unpaired) electrons. The van der Waals surface area contributed by atoms with Gasteiger partial charge in [0.05, 0.1) is 18.4 Å². The summed E-state index contributed by atoms with van der Waals surface area (Å²) in [6.45, 7) is 0.731. The van der Waals surface area contributed by atoms with Gasteiger partial charge in [-0.15, -0.1) is 0 Å². The van der Waals surface area contributed by atoms with Gasteiger partial charge in [0.15, 0.2) is 5.78 Å². The Kier molecular flexibility index (Phi) is 1.68. The molecule has 66 valence electrons. The lowest BCUT2D eigenvalue weighted by molar-refractivity contribution is -0.118. The third-order valence-electron chi connectivity index (χ3n) is 2.47. The molecule has 1 aliphatic heterocycles. The van der Waals surface area contributed by atoms with Crippen molar-refractivity contribution in [3.63, 3.8) is 0 Å². The maximum Gasteiger partial charge on any atom is 0.181 e. The molecular formula is C9H13NO2. The van der Waals surface area contributed by atoms with E-state index >= 15 is 0 Å². The first-order chi connectivity index (χ1) is 5.72. The number of carbonyl (C=O) groups excluding carboxylic acids is 1. The minimum absolute atomic E-state index is 0.0993. The molecule has 0 unspecified atom stereocenters. The van der Waals surface area contributed by atoms with Crippen LogP contribution in [0.5, 0.6) is 0 Å². The molecule has 2 N–H and O–H groups in total. The summed E-state index contributed by atoms with van der Waals surface area (Å²) in [5, 5.41) is 0. The number of nitrogens with two attached hydrogens (primary N) is 1. The summed E-state index contributed by atoms with van der Waals surface area (Å²) < 4.78 is 5.09. The van der Waals surface area contributed by atoms with Gasteiger partial charge in [0, 0.05) is 5.57 Å². The summed E-state index contributed by atoms with van der Waals surface area (Å²) in [5.41, 5.74) is 6.03. The fraction of sp³-hybridized carbons (Fsp3) is 0.667. The van der Waals surface area contributed by atoms with Crippen LogP contribution in [0.4, 0.5) is 0 Å². The van der Waals surface area contributed by atoms with Crippen molar-refractivity contribution < 1.29 is 9.53 Å². The first kappa shape index (κ1) is 7.80. The number of rotatable bonds is 2. The van der Waals surface area contributed by atoms with Crippen LogP contribution in [0.1, 0.15) is 25.7 Å². The van der Waals surface area contributed by atoms with Crippen molar-refractivity contribution in [2.24, 2.45) is 5.73 Å². The molecule has 0 amide bonds. The van der Waals surface area contributed by atoms with E-state index in [4.69, 9.17) is 10.5 Å². The molecule has 2 aliphatic rings. The van der Waals surface area contributed by atoms with Gasteiger partial charge in [-0.05, 0) is 25.7 Å². The summed E-state index contributed by atoms with van der Waals surface area (Å²) in [5.74, 6) is 0.0993. The second-order valence-electron chi connectivity index (χ2n) is 3.60. The Labute approximate surface area is 71.6 Å². The Bertz CT molecular complexity index is 241. The topological polar surface area (TPSA) is 52.3 Å². The van der Waals surface area contributed by atoms with Crippen molar-refractivity contribution >= 4 is 5.78 Å². The van der Waals surface area contributed by atoms with Crippen molar-refractivity contribution in [2.45, 2.75) is 31.2 Å². The zero-order chi connectivity index (χ0) is 8.60. The van der Waals surface area contributed by atoms with E-state index in [2.05, 4.69) is 0 Å². The highest BCUT2D eigenvalue weighted by atomic mass is 16.5. The van der Waals surface area contributed by atoms with Gasteiger partial charge in [0.1, 0.15) is 0 Å². The lowest BCUT2D eigenvalue weighted by Crippen LogP contribution is -2.34. The van der Waals surface area contributed by atoms with E-state index in [1.165, 1.54) is 0 Å². The molecule has 0 aromatic rings. The highest BCUT2D eigenvalue weighted by Gasteiger charge is 2.46. The van der Waals surface area contributed by atoms with E-state index in [1.54, 1.807) is 6.26 Å². The molecule has 0 atom stereocenters. The van der Waals surface area contributed by atoms with Gasteiger partial charge in [0.25, 0.3) is 0 Å². The third kappa shape index (κ3) is 1.25. The molecule has 0 bridgehead atoms. The van der Waals surface area contributed by atoms with Gasteiger partial charge in [0.2, 0.25) is 0 Å². The quantitative estimate of drug-likeness (QED) is 0.660. The molecule has 2 rings (SSSR count). The van der Waals surface area contributed by atoms with E-state index < -0.39 is 5.54 Å². The molecule has 0 spiro atoms. The first-order valence-electron chi connectivity index (χ1n) is 4.37. The molecule has 1 fully saturated rings. The Morgan fingerprint density at radius 1 is 1.58 bits per heavy atom. The Hall–Kier alpha value is -0.830. The summed E-state index contributed by atoms with van der Waals surface area (Å²) in [4.78, 5) is 11.6. The van der Waals surface area contributed by atoms with Gasteiger partial charge in [-0.3, -0.25) is 4.79 Å². The molecule has 1 saturated carbocycles. The standard InChI is InChI=1S/C9H13NO2/c10-9(3-4-9)8(11)7-2-1-5-12-6-7/h6H,1-5,10H2. The fourth-order valence-corrected chi connectivity index (χ4v) is 1.41. The van der Waals surface area contributed by atoms with Crippen LogP contribution in [0.2, 0.25) is 0 Å². The van der Waals surface area contributed by atoms with Crippen LogP contribution in [0, 0.1) is 0 Å². The van der Waals surface area contributed by atoms with Crippen LogP contribution in [-0.4, -0.2) is 17.9 Å². The highest BCUT2D eigenvalue weighted by Crippen LogP contribution is 2.36. The predicted octanol–water partition coefficient (Wildman–Crippen LogP) is 0.741. The third-order valence-corrected chi connectivity index (χ3v) is 2.47. The maximum atomic E-state index is 11.6. The molecule has 0 aromatic carbocycles. The number of Topliss-reactive ketones (excluding diaryl/α,β-unsaturated/α-hetero) is 1. The normalized spacial score (nSPS) is 25.6. The van der Waals surface area contributed by atoms with Crippen molar-refractivity contribution in [1.29, 1.82) is 0 Å². The average molecular weight is 167 g/mol. The number of hydrogen-bond donors (Lipinski definition) is 1. The summed E-state index contributed by atoms with van der Waals surface area (Å²) in [6, 6.07) is 0. The van der Waals surface area contributed by atoms with E-state index in [0.29, 0.717) is 0 Å². The number of hydrogen-bond acceptors (Lipinski definition) is 3. The molecule has 0 aromatic heterocycles. The minimum atomic E-state index is -0.521. The van der Waals surface area contributed by atoms with E-state index in [1.807, 2.05) is 0 Å². The Morgan fingerprint density at radius 3 is 2.83 bits per heavy atom. The number of carbonyl (C=O) groups is 1. The molecule has 3 heteroatoms. The van der Waals surface area contributed by atoms with Gasteiger partial charge in [-0.2, -0.15) is 0 Å². The lowest BCUT2D eigenvalue weighted by Gasteiger charge is -2.15. The monoisotopic (exact) mass is 167 g/mol. The average Bonchev–Trinajstić information content (AvgIpc) is 2.85. The SMILES string of the molecule is NC1(C(=O)C2=COCCC2)CC1. The first-order valence-corrected chi connectivity index (χ1v) is 4.37. The van der Waals surface area contributed by atoms with Crippen LogP contribution in [-0.2, 0) is 9.53 Å². The highest BCUT2D eigenvalue weighted by molar-refractivity contribution is 6.04. The van der Waals surface area contributed by atoms with Crippen LogP contribution in [0.25, 0.3) is 0 Å². The number of ketones is 1. The largest absolute Gasteiger partial charge is 0.501 e. The maximum absolute atomic E-state index is 11.6. The predicted molar refractivity (Wildman–Crippen MR) is 44.4 cm³/mol. The van der Waals surface area contributed by atoms with E-state index in [-0.39, 0.29) is 5.78 Å². The molecular weight excluding hydrogens is 154 g/mol. The zero-order valence-electron chi connectivity index (χ0n) is 7.01. The smallest absolute Gasteiger partial charge is 0.181 e. The van der Waals surface area contributed by atoms with Gasteiger partial charge in [-0.1, -0.05) is 0 Å². The Morgan fingerprint density at radius 2 is 2.33 bits per heavy atom. The molecule has 1 heterocycles.